The topological polar surface area (TPSA) is 183 Å². The van der Waals surface area contributed by atoms with Crippen molar-refractivity contribution in [1.29, 1.82) is 0 Å². The Kier molecular flexibility index (Phi) is 15.9. The minimum absolute atomic E-state index is 0.177. The third kappa shape index (κ3) is 13.5. The van der Waals surface area contributed by atoms with Crippen LogP contribution in [-0.4, -0.2) is 75.7 Å². The standard InChI is InChI=1S/C38H56N4O8/c1-10-24(6)33(36(47)42-32(23(4)5)37(48)49)40-30(44)21-29(43)28(19-25-15-12-11-13-16-25)39-35(46)31(22(2)3)41-34(45)26-17-14-18-27(20-26)50-38(7,8)9/h11-18,20,22-24,28-29,31-33,43H,10,19,21H2,1-9H3,(H,39,46)(H,40,44)(H,41,45)(H,42,47)(H,48,49)/t24-,28-,29-,31-,32-,33-/m0/s1. The zero-order valence-electron chi connectivity index (χ0n) is 30.8. The Hall–Kier alpha value is -4.45. The summed E-state index contributed by atoms with van der Waals surface area (Å²) < 4.78 is 5.89. The second-order valence-corrected chi connectivity index (χ2v) is 14.5. The zero-order chi connectivity index (χ0) is 37.8. The van der Waals surface area contributed by atoms with Crippen molar-refractivity contribution >= 4 is 29.6 Å². The maximum absolute atomic E-state index is 13.7. The fourth-order valence-electron chi connectivity index (χ4n) is 5.26. The molecule has 276 valence electrons. The number of carbonyl (C=O) groups is 5. The van der Waals surface area contributed by atoms with E-state index in [4.69, 9.17) is 4.74 Å². The van der Waals surface area contributed by atoms with Crippen LogP contribution in [0.2, 0.25) is 0 Å². The third-order valence-electron chi connectivity index (χ3n) is 8.28. The summed E-state index contributed by atoms with van der Waals surface area (Å²) in [4.78, 5) is 65.2. The smallest absolute Gasteiger partial charge is 0.326 e. The molecule has 12 nitrogen and oxygen atoms in total. The van der Waals surface area contributed by atoms with Gasteiger partial charge in [0.2, 0.25) is 17.7 Å². The molecule has 0 aliphatic heterocycles. The van der Waals surface area contributed by atoms with Crippen LogP contribution < -0.4 is 26.0 Å². The Morgan fingerprint density at radius 1 is 0.760 bits per heavy atom. The normalized spacial score (nSPS) is 15.2. The van der Waals surface area contributed by atoms with Crippen LogP contribution in [0.15, 0.2) is 54.6 Å². The number of aliphatic hydroxyl groups is 1. The van der Waals surface area contributed by atoms with Gasteiger partial charge in [-0.05, 0) is 68.7 Å². The summed E-state index contributed by atoms with van der Waals surface area (Å²) in [5.74, 6) is -4.03. The van der Waals surface area contributed by atoms with E-state index in [0.29, 0.717) is 17.7 Å². The Morgan fingerprint density at radius 3 is 1.90 bits per heavy atom. The van der Waals surface area contributed by atoms with E-state index in [2.05, 4.69) is 21.3 Å². The summed E-state index contributed by atoms with van der Waals surface area (Å²) in [7, 11) is 0. The summed E-state index contributed by atoms with van der Waals surface area (Å²) in [6.07, 6.45) is -1.14. The molecule has 12 heteroatoms. The minimum atomic E-state index is -1.38. The Balaban J connectivity index is 2.26. The fraction of sp³-hybridized carbons (Fsp3) is 0.553. The average molecular weight is 697 g/mol. The van der Waals surface area contributed by atoms with E-state index >= 15 is 0 Å². The van der Waals surface area contributed by atoms with Crippen LogP contribution in [-0.2, 0) is 25.6 Å². The highest BCUT2D eigenvalue weighted by Crippen LogP contribution is 2.20. The van der Waals surface area contributed by atoms with Crippen molar-refractivity contribution in [3.8, 4) is 5.75 Å². The van der Waals surface area contributed by atoms with E-state index < -0.39 is 71.9 Å². The molecule has 0 heterocycles. The summed E-state index contributed by atoms with van der Waals surface area (Å²) >= 11 is 0. The molecule has 6 N–H and O–H groups in total. The number of nitrogens with one attached hydrogen (secondary N) is 4. The van der Waals surface area contributed by atoms with Gasteiger partial charge in [-0.3, -0.25) is 19.2 Å². The van der Waals surface area contributed by atoms with Crippen molar-refractivity contribution in [1.82, 2.24) is 21.3 Å². The lowest BCUT2D eigenvalue weighted by Crippen LogP contribution is -2.57. The van der Waals surface area contributed by atoms with Crippen LogP contribution in [0.25, 0.3) is 0 Å². The number of carbonyl (C=O) groups excluding carboxylic acids is 4. The van der Waals surface area contributed by atoms with Crippen LogP contribution in [0.5, 0.6) is 5.75 Å². The van der Waals surface area contributed by atoms with Crippen LogP contribution in [0.3, 0.4) is 0 Å². The van der Waals surface area contributed by atoms with E-state index in [1.807, 2.05) is 58.0 Å². The first-order valence-electron chi connectivity index (χ1n) is 17.3. The van der Waals surface area contributed by atoms with E-state index in [1.54, 1.807) is 58.9 Å². The van der Waals surface area contributed by atoms with Gasteiger partial charge in [0.1, 0.15) is 29.5 Å². The van der Waals surface area contributed by atoms with Crippen molar-refractivity contribution in [3.05, 3.63) is 65.7 Å². The van der Waals surface area contributed by atoms with Crippen molar-refractivity contribution in [2.24, 2.45) is 17.8 Å². The first-order chi connectivity index (χ1) is 23.3. The van der Waals surface area contributed by atoms with Gasteiger partial charge in [0.05, 0.1) is 18.6 Å². The van der Waals surface area contributed by atoms with Crippen LogP contribution in [0.1, 0.15) is 91.1 Å². The number of carboxylic acid groups (broad SMARTS) is 1. The number of rotatable bonds is 18. The number of carboxylic acids is 1. The molecule has 0 unspecified atom stereocenters. The molecule has 6 atom stereocenters. The molecule has 0 aliphatic carbocycles. The largest absolute Gasteiger partial charge is 0.488 e. The van der Waals surface area contributed by atoms with Gasteiger partial charge < -0.3 is 36.2 Å². The number of ether oxygens (including phenoxy) is 1. The molecule has 0 aliphatic rings. The molecule has 4 amide bonds. The number of amides is 4. The summed E-state index contributed by atoms with van der Waals surface area (Å²) in [6.45, 7) is 16.2. The number of aliphatic hydroxyl groups excluding tert-OH is 1. The van der Waals surface area contributed by atoms with Gasteiger partial charge in [-0.2, -0.15) is 0 Å². The monoisotopic (exact) mass is 696 g/mol. The lowest BCUT2D eigenvalue weighted by Gasteiger charge is -2.30. The molecule has 0 radical (unpaired) electrons. The molecule has 0 saturated heterocycles. The molecule has 2 aromatic rings. The van der Waals surface area contributed by atoms with Gasteiger partial charge in [0, 0.05) is 5.56 Å². The molecule has 2 rings (SSSR count). The Labute approximate surface area is 296 Å². The highest BCUT2D eigenvalue weighted by Gasteiger charge is 2.34. The summed E-state index contributed by atoms with van der Waals surface area (Å²) in [5, 5.41) is 31.8. The van der Waals surface area contributed by atoms with E-state index in [9.17, 15) is 34.2 Å². The van der Waals surface area contributed by atoms with Crippen LogP contribution in [0, 0.1) is 17.8 Å². The molecule has 2 aromatic carbocycles. The molecule has 0 bridgehead atoms. The average Bonchev–Trinajstić information content (AvgIpc) is 3.03. The van der Waals surface area contributed by atoms with Crippen molar-refractivity contribution < 1.29 is 38.9 Å². The first-order valence-corrected chi connectivity index (χ1v) is 17.3. The van der Waals surface area contributed by atoms with E-state index in [-0.39, 0.29) is 24.2 Å². The third-order valence-corrected chi connectivity index (χ3v) is 8.28. The number of benzene rings is 2. The second-order valence-electron chi connectivity index (χ2n) is 14.5. The Bertz CT molecular complexity index is 1440. The summed E-state index contributed by atoms with van der Waals surface area (Å²) in [5.41, 5.74) is 0.633. The molecule has 0 spiro atoms. The maximum atomic E-state index is 13.7. The zero-order valence-corrected chi connectivity index (χ0v) is 30.8. The van der Waals surface area contributed by atoms with Gasteiger partial charge in [-0.25, -0.2) is 4.79 Å². The van der Waals surface area contributed by atoms with Crippen LogP contribution in [0.4, 0.5) is 0 Å². The highest BCUT2D eigenvalue weighted by molar-refractivity contribution is 5.98. The molecule has 0 aromatic heterocycles. The SMILES string of the molecule is CC[C@H](C)[C@H](NC(=O)C[C@H](O)[C@H](Cc1ccccc1)NC(=O)[C@@H](NC(=O)c1cccc(OC(C)(C)C)c1)C(C)C)C(=O)N[C@H](C(=O)O)C(C)C. The second kappa shape index (κ2) is 19.1. The van der Waals surface area contributed by atoms with Crippen molar-refractivity contribution in [2.45, 2.75) is 117 Å². The lowest BCUT2D eigenvalue weighted by molar-refractivity contribution is -0.143. The predicted octanol–water partition coefficient (Wildman–Crippen LogP) is 3.85. The van der Waals surface area contributed by atoms with Gasteiger partial charge in [-0.15, -0.1) is 0 Å². The lowest BCUT2D eigenvalue weighted by atomic mass is 9.95. The van der Waals surface area contributed by atoms with Crippen molar-refractivity contribution in [3.63, 3.8) is 0 Å². The Morgan fingerprint density at radius 2 is 1.36 bits per heavy atom. The first kappa shape index (κ1) is 41.7. The molecular weight excluding hydrogens is 640 g/mol. The van der Waals surface area contributed by atoms with Crippen molar-refractivity contribution in [2.75, 3.05) is 0 Å². The molecule has 0 fully saturated rings. The van der Waals surface area contributed by atoms with Gasteiger partial charge in [0.25, 0.3) is 5.91 Å². The maximum Gasteiger partial charge on any atom is 0.326 e. The molecule has 50 heavy (non-hydrogen) atoms. The fourth-order valence-corrected chi connectivity index (χ4v) is 5.26. The number of hydrogen-bond acceptors (Lipinski definition) is 7. The predicted molar refractivity (Wildman–Crippen MR) is 191 cm³/mol. The number of aliphatic carboxylic acids is 1. The number of hydrogen-bond donors (Lipinski definition) is 6. The van der Waals surface area contributed by atoms with Gasteiger partial charge in [0.15, 0.2) is 0 Å². The van der Waals surface area contributed by atoms with E-state index in [1.165, 1.54) is 0 Å². The van der Waals surface area contributed by atoms with Gasteiger partial charge in [-0.1, -0.05) is 84.4 Å². The molecule has 0 saturated carbocycles. The summed E-state index contributed by atoms with van der Waals surface area (Å²) in [6, 6.07) is 11.7. The minimum Gasteiger partial charge on any atom is -0.488 e. The van der Waals surface area contributed by atoms with Gasteiger partial charge >= 0.3 is 5.97 Å². The quantitative estimate of drug-likeness (QED) is 0.136. The highest BCUT2D eigenvalue weighted by atomic mass is 16.5. The van der Waals surface area contributed by atoms with E-state index in [0.717, 1.165) is 5.56 Å². The van der Waals surface area contributed by atoms with Crippen LogP contribution >= 0.6 is 0 Å². The molecular formula is C38H56N4O8.